The summed E-state index contributed by atoms with van der Waals surface area (Å²) in [6.07, 6.45) is 17.6. The molecule has 0 aliphatic heterocycles. The van der Waals surface area contributed by atoms with Gasteiger partial charge in [0, 0.05) is 24.8 Å². The largest absolute Gasteiger partial charge is 0.462 e. The molecule has 45 heavy (non-hydrogen) atoms. The molecule has 5 heteroatoms. The number of carbonyl (C=O) groups is 3. The first-order chi connectivity index (χ1) is 21.3. The van der Waals surface area contributed by atoms with Crippen molar-refractivity contribution in [3.8, 4) is 0 Å². The number of fused-ring (bicyclic) bond motifs is 7. The van der Waals surface area contributed by atoms with Crippen molar-refractivity contribution < 1.29 is 19.1 Å². The molecular weight excluding hydrogens is 558 g/mol. The predicted octanol–water partition coefficient (Wildman–Crippen LogP) is 8.92. The van der Waals surface area contributed by atoms with E-state index in [9.17, 15) is 14.4 Å². The molecule has 0 aromatic rings. The highest BCUT2D eigenvalue weighted by Crippen LogP contribution is 2.69. The van der Waals surface area contributed by atoms with E-state index in [0.717, 1.165) is 62.7 Å². The summed E-state index contributed by atoms with van der Waals surface area (Å²) in [7, 11) is 0. The first-order valence-electron chi connectivity index (χ1n) is 19.3. The molecule has 5 nitrogen and oxygen atoms in total. The second-order valence-electron chi connectivity index (χ2n) is 18.3. The van der Waals surface area contributed by atoms with Crippen LogP contribution < -0.4 is 5.32 Å². The number of rotatable bonds is 10. The van der Waals surface area contributed by atoms with E-state index in [-0.39, 0.29) is 34.7 Å². The van der Waals surface area contributed by atoms with Crippen LogP contribution >= 0.6 is 0 Å². The number of hydrogen-bond donors (Lipinski definition) is 1. The fourth-order valence-corrected chi connectivity index (χ4v) is 13.2. The molecule has 1 N–H and O–H groups in total. The lowest BCUT2D eigenvalue weighted by atomic mass is 9.44. The summed E-state index contributed by atoms with van der Waals surface area (Å²) in [6.45, 7) is 16.9. The Morgan fingerprint density at radius 2 is 1.62 bits per heavy atom. The lowest BCUT2D eigenvalue weighted by Crippen LogP contribution is -2.54. The summed E-state index contributed by atoms with van der Waals surface area (Å²) < 4.78 is 6.03. The van der Waals surface area contributed by atoms with Gasteiger partial charge in [0.05, 0.1) is 5.92 Å². The number of ketones is 1. The van der Waals surface area contributed by atoms with Gasteiger partial charge >= 0.3 is 5.97 Å². The van der Waals surface area contributed by atoms with Crippen LogP contribution in [0.25, 0.3) is 0 Å². The van der Waals surface area contributed by atoms with Crippen molar-refractivity contribution in [2.75, 3.05) is 6.54 Å². The molecule has 0 radical (unpaired) electrons. The van der Waals surface area contributed by atoms with Crippen LogP contribution in [-0.4, -0.2) is 30.3 Å². The third-order valence-electron chi connectivity index (χ3n) is 16.5. The van der Waals surface area contributed by atoms with Gasteiger partial charge in [-0.15, -0.1) is 0 Å². The van der Waals surface area contributed by atoms with Crippen LogP contribution in [0.2, 0.25) is 0 Å². The van der Waals surface area contributed by atoms with Crippen LogP contribution in [0.4, 0.5) is 0 Å². The third-order valence-corrected chi connectivity index (χ3v) is 16.5. The minimum atomic E-state index is -0.208. The summed E-state index contributed by atoms with van der Waals surface area (Å²) in [5.74, 6) is 5.60. The quantitative estimate of drug-likeness (QED) is 0.247. The van der Waals surface area contributed by atoms with Crippen molar-refractivity contribution in [3.63, 3.8) is 0 Å². The number of esters is 1. The molecule has 0 aromatic heterocycles. The Hall–Kier alpha value is -1.39. The van der Waals surface area contributed by atoms with Gasteiger partial charge in [0.15, 0.2) is 0 Å². The van der Waals surface area contributed by atoms with Gasteiger partial charge in [0.2, 0.25) is 5.91 Å². The van der Waals surface area contributed by atoms with E-state index >= 15 is 0 Å². The summed E-state index contributed by atoms with van der Waals surface area (Å²) in [4.78, 5) is 38.4. The van der Waals surface area contributed by atoms with Crippen LogP contribution in [0.5, 0.6) is 0 Å². The molecule has 6 rings (SSSR count). The molecule has 1 amide bonds. The SMILES string of the molecule is CCC(C)C(=O)O[C@H]1CC[C@@]2(C)C(CCC3C4CCC(C(C)CCC(=O)NCCC56CCC(CC5=O)C6(C)C)[C@@]4(C)CCC32)C1. The molecule has 0 saturated heterocycles. The average molecular weight is 624 g/mol. The Labute approximate surface area is 274 Å². The minimum absolute atomic E-state index is 0.00735. The highest BCUT2D eigenvalue weighted by molar-refractivity contribution is 5.89. The number of Topliss-reactive ketones (excluding diaryl/α,β-unsaturated/α-hetero) is 1. The third kappa shape index (κ3) is 5.44. The zero-order valence-electron chi connectivity index (χ0n) is 29.8. The fraction of sp³-hybridized carbons (Fsp3) is 0.925. The summed E-state index contributed by atoms with van der Waals surface area (Å²) in [5.41, 5.74) is 0.660. The number of ether oxygens (including phenoxy) is 1. The Bertz CT molecular complexity index is 1150. The summed E-state index contributed by atoms with van der Waals surface area (Å²) >= 11 is 0. The van der Waals surface area contributed by atoms with Crippen LogP contribution in [0.15, 0.2) is 0 Å². The molecule has 0 heterocycles. The lowest BCUT2D eigenvalue weighted by molar-refractivity contribution is -0.166. The van der Waals surface area contributed by atoms with Gasteiger partial charge in [-0.2, -0.15) is 0 Å². The van der Waals surface area contributed by atoms with Crippen molar-refractivity contribution in [1.29, 1.82) is 0 Å². The van der Waals surface area contributed by atoms with E-state index in [2.05, 4.69) is 46.9 Å². The van der Waals surface area contributed by atoms with Crippen LogP contribution in [0.1, 0.15) is 151 Å². The Balaban J connectivity index is 0.999. The number of amides is 1. The van der Waals surface area contributed by atoms with Crippen molar-refractivity contribution in [2.24, 2.45) is 69.0 Å². The molecule has 6 aliphatic rings. The highest BCUT2D eigenvalue weighted by Gasteiger charge is 2.64. The Kier molecular flexibility index (Phi) is 9.12. The van der Waals surface area contributed by atoms with Crippen molar-refractivity contribution >= 4 is 17.7 Å². The fourth-order valence-electron chi connectivity index (χ4n) is 13.2. The van der Waals surface area contributed by atoms with Gasteiger partial charge in [0.25, 0.3) is 0 Å². The van der Waals surface area contributed by atoms with Gasteiger partial charge in [-0.3, -0.25) is 14.4 Å². The van der Waals surface area contributed by atoms with Gasteiger partial charge in [-0.25, -0.2) is 0 Å². The monoisotopic (exact) mass is 623 g/mol. The molecule has 2 bridgehead atoms. The first-order valence-corrected chi connectivity index (χ1v) is 19.3. The first kappa shape index (κ1) is 33.5. The Morgan fingerprint density at radius 3 is 2.31 bits per heavy atom. The van der Waals surface area contributed by atoms with Crippen molar-refractivity contribution in [2.45, 2.75) is 157 Å². The normalized spacial score (nSPS) is 44.4. The predicted molar refractivity (Wildman–Crippen MR) is 179 cm³/mol. The maximum absolute atomic E-state index is 13.0. The van der Waals surface area contributed by atoms with E-state index in [4.69, 9.17) is 4.74 Å². The van der Waals surface area contributed by atoms with E-state index < -0.39 is 0 Å². The average Bonchev–Trinajstić information content (AvgIpc) is 3.55. The van der Waals surface area contributed by atoms with Gasteiger partial charge in [0.1, 0.15) is 11.9 Å². The molecular formula is C40H65NO4. The molecule has 254 valence electrons. The van der Waals surface area contributed by atoms with E-state index in [1.807, 2.05) is 6.92 Å². The van der Waals surface area contributed by atoms with Gasteiger partial charge in [-0.1, -0.05) is 48.5 Å². The lowest BCUT2D eigenvalue weighted by Gasteiger charge is -2.61. The molecule has 9 unspecified atom stereocenters. The van der Waals surface area contributed by atoms with Crippen LogP contribution in [0.3, 0.4) is 0 Å². The second kappa shape index (κ2) is 12.2. The smallest absolute Gasteiger partial charge is 0.308 e. The second-order valence-corrected chi connectivity index (χ2v) is 18.3. The standard InChI is InChI=1S/C40H65NO4/c1-8-25(2)36(44)45-29-16-18-38(6)28(23-29)10-11-30-32-13-12-31(39(32,7)19-17-33(30)38)26(3)9-14-35(43)41-22-21-40-20-15-27(24-34(40)42)37(40,4)5/h25-33H,8-24H2,1-7H3,(H,41,43)/t25?,26?,27?,28?,29-,30?,31?,32?,33?,38-,39+,40?/m0/s1. The van der Waals surface area contributed by atoms with Crippen molar-refractivity contribution in [3.05, 3.63) is 0 Å². The van der Waals surface area contributed by atoms with E-state index in [1.54, 1.807) is 0 Å². The highest BCUT2D eigenvalue weighted by atomic mass is 16.5. The van der Waals surface area contributed by atoms with E-state index in [0.29, 0.717) is 53.3 Å². The maximum Gasteiger partial charge on any atom is 0.308 e. The number of carbonyl (C=O) groups excluding carboxylic acids is 3. The maximum atomic E-state index is 13.0. The zero-order valence-corrected chi connectivity index (χ0v) is 29.8. The molecule has 0 spiro atoms. The summed E-state index contributed by atoms with van der Waals surface area (Å²) in [5, 5.41) is 3.23. The molecule has 6 saturated carbocycles. The molecule has 6 fully saturated rings. The minimum Gasteiger partial charge on any atom is -0.462 e. The molecule has 0 aromatic carbocycles. The summed E-state index contributed by atoms with van der Waals surface area (Å²) in [6, 6.07) is 0. The van der Waals surface area contributed by atoms with Crippen LogP contribution in [0, 0.1) is 69.0 Å². The molecule has 6 aliphatic carbocycles. The van der Waals surface area contributed by atoms with Gasteiger partial charge in [-0.05, 0) is 148 Å². The van der Waals surface area contributed by atoms with Crippen LogP contribution in [-0.2, 0) is 19.1 Å². The zero-order chi connectivity index (χ0) is 32.4. The van der Waals surface area contributed by atoms with E-state index in [1.165, 1.54) is 51.4 Å². The Morgan fingerprint density at radius 1 is 0.889 bits per heavy atom. The van der Waals surface area contributed by atoms with Gasteiger partial charge < -0.3 is 10.1 Å². The number of hydrogen-bond acceptors (Lipinski definition) is 4. The number of nitrogens with one attached hydrogen (secondary N) is 1. The topological polar surface area (TPSA) is 72.5 Å². The van der Waals surface area contributed by atoms with Crippen molar-refractivity contribution in [1.82, 2.24) is 5.32 Å². The molecule has 12 atom stereocenters.